The number of nitrogens with zero attached hydrogens (tertiary/aromatic N) is 4. The Balaban J connectivity index is 0.000000212. The van der Waals surface area contributed by atoms with Gasteiger partial charge in [0.1, 0.15) is 24.7 Å². The summed E-state index contributed by atoms with van der Waals surface area (Å²) in [6.45, 7) is 5.73. The molecule has 15 nitrogen and oxygen atoms in total. The molecule has 0 aromatic heterocycles. The summed E-state index contributed by atoms with van der Waals surface area (Å²) in [5, 5.41) is 23.0. The monoisotopic (exact) mass is 1070 g/mol. The summed E-state index contributed by atoms with van der Waals surface area (Å²) in [7, 11) is 7.62. The lowest BCUT2D eigenvalue weighted by Crippen LogP contribution is -2.53. The van der Waals surface area contributed by atoms with Crippen LogP contribution in [0.1, 0.15) is 137 Å². The van der Waals surface area contributed by atoms with Gasteiger partial charge in [0.25, 0.3) is 0 Å². The fourth-order valence-electron chi connectivity index (χ4n) is 13.1. The number of nitrogens with one attached hydrogen (secondary N) is 4. The van der Waals surface area contributed by atoms with E-state index in [9.17, 15) is 29.1 Å². The van der Waals surface area contributed by atoms with Crippen molar-refractivity contribution < 1.29 is 38.3 Å². The van der Waals surface area contributed by atoms with Crippen molar-refractivity contribution in [2.75, 3.05) is 69.5 Å². The summed E-state index contributed by atoms with van der Waals surface area (Å²) >= 11 is 12.7. The van der Waals surface area contributed by atoms with E-state index in [4.69, 9.17) is 28.0 Å². The molecule has 4 aliphatic heterocycles. The van der Waals surface area contributed by atoms with E-state index in [-0.39, 0.29) is 46.8 Å². The van der Waals surface area contributed by atoms with Gasteiger partial charge < -0.3 is 35.2 Å². The molecule has 4 saturated heterocycles. The van der Waals surface area contributed by atoms with E-state index in [1.54, 1.807) is 18.2 Å². The van der Waals surface area contributed by atoms with E-state index >= 15 is 4.39 Å². The van der Waals surface area contributed by atoms with E-state index in [1.807, 2.05) is 69.0 Å². The number of rotatable bonds is 13. The van der Waals surface area contributed by atoms with Crippen LogP contribution in [-0.2, 0) is 28.8 Å². The number of halogens is 3. The second kappa shape index (κ2) is 26.3. The maximum Gasteiger partial charge on any atom is 0.320 e. The quantitative estimate of drug-likeness (QED) is 0.0815. The minimum absolute atomic E-state index is 0.0290. The maximum absolute atomic E-state index is 15.7. The first-order valence-electron chi connectivity index (χ1n) is 26.9. The molecule has 0 bridgehead atoms. The molecule has 3 aromatic carbocycles. The van der Waals surface area contributed by atoms with Gasteiger partial charge in [-0.3, -0.25) is 39.5 Å². The van der Waals surface area contributed by atoms with E-state index in [0.29, 0.717) is 47.4 Å². The molecule has 6 aliphatic rings. The number of benzene rings is 3. The average Bonchev–Trinajstić information content (AvgIpc) is 3.73. The molecule has 9 rings (SSSR count). The zero-order valence-corrected chi connectivity index (χ0v) is 45.6. The topological polar surface area (TPSA) is 184 Å². The predicted octanol–water partition coefficient (Wildman–Crippen LogP) is 8.48. The molecule has 5 unspecified atom stereocenters. The van der Waals surface area contributed by atoms with Gasteiger partial charge in [-0.1, -0.05) is 86.0 Å². The van der Waals surface area contributed by atoms with Gasteiger partial charge in [0, 0.05) is 68.2 Å². The number of carboxylic acids is 1. The van der Waals surface area contributed by atoms with Crippen molar-refractivity contribution in [2.24, 2.45) is 5.92 Å². The minimum Gasteiger partial charge on any atom is -0.480 e. The lowest BCUT2D eigenvalue weighted by atomic mass is 9.66. The Kier molecular flexibility index (Phi) is 20.2. The number of carbonyl (C=O) groups is 6. The fraction of sp³-hybridized carbons (Fsp3) is 0.579. The lowest BCUT2D eigenvalue weighted by Gasteiger charge is -2.41. The van der Waals surface area contributed by atoms with Crippen molar-refractivity contribution in [1.29, 1.82) is 0 Å². The van der Waals surface area contributed by atoms with Crippen LogP contribution < -0.4 is 31.1 Å². The van der Waals surface area contributed by atoms with Gasteiger partial charge in [0.05, 0.1) is 22.4 Å². The Labute approximate surface area is 452 Å². The molecule has 4 heterocycles. The highest BCUT2D eigenvalue weighted by Crippen LogP contribution is 2.56. The molecular weight excluding hydrogens is 999 g/mol. The van der Waals surface area contributed by atoms with E-state index in [1.165, 1.54) is 23.3 Å². The third-order valence-corrected chi connectivity index (χ3v) is 17.5. The highest BCUT2D eigenvalue weighted by atomic mass is 35.5. The van der Waals surface area contributed by atoms with Crippen molar-refractivity contribution in [2.45, 2.75) is 150 Å². The zero-order valence-electron chi connectivity index (χ0n) is 44.1. The summed E-state index contributed by atoms with van der Waals surface area (Å²) in [4.78, 5) is 77.4. The standard InChI is InChI=1S/C29H36Cl2FN3O.C27H39N5O5.CH2O/c1-33-23-17-18(30)13-14-20(23)25-24(21-11-8-12-22(31)26(21)32)27(35-29(25)15-6-3-7-16-29)28(36)34-19-9-4-2-5-10-19;1-29(2)23-15-20(4-5-21(23)32(17-33)22-6-7-25(34)28-26(22)35)19-9-12-31(13-10-19)16-18-8-11-30(3)24(14-18)27(36)37;1-2/h8,11-14,17,19,24-25,27,33,35H,2-7,9-10,15-16H2,1H3,(H,34,36);4-5,15,17-19,22,24H,6-14,16H2,1-3H3,(H,36,37)(H,28,34,35);1H2/t24-,25?,27?;;/m1../s1. The molecule has 1 spiro atoms. The Bertz CT molecular complexity index is 2480. The SMILES string of the molecule is C=O.CN(C)c1cc(C2CCN(CC3CCN(C)C(C(=O)O)C3)CC2)ccc1N(C=O)C1CCC(=O)NC1=O.CNc1cc(Cl)ccc1C1[C@@H](c2cccc(Cl)c2F)C(C(=O)NC2CCCCC2)NC12CCCCC2. The summed E-state index contributed by atoms with van der Waals surface area (Å²) in [6, 6.07) is 15.7. The van der Waals surface area contributed by atoms with Crippen LogP contribution in [0.2, 0.25) is 10.0 Å². The number of piperidine rings is 3. The minimum atomic E-state index is -0.725. The van der Waals surface area contributed by atoms with Gasteiger partial charge >= 0.3 is 5.97 Å². The highest BCUT2D eigenvalue weighted by Gasteiger charge is 2.57. The van der Waals surface area contributed by atoms with Crippen LogP contribution in [0.3, 0.4) is 0 Å². The van der Waals surface area contributed by atoms with Gasteiger partial charge in [-0.2, -0.15) is 0 Å². The number of imide groups is 1. The normalized spacial score (nSPS) is 25.4. The third kappa shape index (κ3) is 13.4. The number of carboxylic acid groups (broad SMARTS) is 1. The van der Waals surface area contributed by atoms with Crippen LogP contribution in [0.4, 0.5) is 21.5 Å². The predicted molar refractivity (Wildman–Crippen MR) is 293 cm³/mol. The zero-order chi connectivity index (χ0) is 54.0. The van der Waals surface area contributed by atoms with Gasteiger partial charge in [-0.25, -0.2) is 4.39 Å². The Morgan fingerprint density at radius 1 is 0.893 bits per heavy atom. The number of likely N-dealkylation sites (N-methyl/N-ethyl adjacent to an activating group) is 1. The second-order valence-corrected chi connectivity index (χ2v) is 22.6. The van der Waals surface area contributed by atoms with Crippen LogP contribution in [0, 0.1) is 11.7 Å². The number of aliphatic carboxylic acids is 1. The molecule has 75 heavy (non-hydrogen) atoms. The number of hydrogen-bond acceptors (Lipinski definition) is 11. The molecule has 18 heteroatoms. The van der Waals surface area contributed by atoms with Gasteiger partial charge in [0.15, 0.2) is 0 Å². The first-order chi connectivity index (χ1) is 36.1. The van der Waals surface area contributed by atoms with Crippen molar-refractivity contribution in [3.63, 3.8) is 0 Å². The molecule has 2 saturated carbocycles. The van der Waals surface area contributed by atoms with Crippen LogP contribution >= 0.6 is 23.2 Å². The van der Waals surface area contributed by atoms with Crippen molar-refractivity contribution in [1.82, 2.24) is 25.8 Å². The Morgan fingerprint density at radius 3 is 2.25 bits per heavy atom. The number of carbonyl (C=O) groups excluding carboxylic acids is 5. The third-order valence-electron chi connectivity index (χ3n) is 17.0. The van der Waals surface area contributed by atoms with E-state index in [0.717, 1.165) is 114 Å². The molecule has 3 aromatic rings. The summed E-state index contributed by atoms with van der Waals surface area (Å²) < 4.78 is 15.7. The molecule has 408 valence electrons. The Morgan fingerprint density at radius 2 is 1.60 bits per heavy atom. The van der Waals surface area contributed by atoms with Crippen LogP contribution in [0.25, 0.3) is 0 Å². The van der Waals surface area contributed by atoms with E-state index in [2.05, 4.69) is 38.3 Å². The van der Waals surface area contributed by atoms with Gasteiger partial charge in [-0.05, 0) is 143 Å². The van der Waals surface area contributed by atoms with Crippen molar-refractivity contribution >= 4 is 77.2 Å². The smallest absolute Gasteiger partial charge is 0.320 e. The van der Waals surface area contributed by atoms with Gasteiger partial charge in [0.2, 0.25) is 24.1 Å². The molecule has 6 atom stereocenters. The number of amides is 4. The first-order valence-corrected chi connectivity index (χ1v) is 27.7. The molecule has 5 N–H and O–H groups in total. The van der Waals surface area contributed by atoms with E-state index < -0.39 is 35.7 Å². The fourth-order valence-corrected chi connectivity index (χ4v) is 13.5. The van der Waals surface area contributed by atoms with Crippen molar-refractivity contribution in [3.8, 4) is 0 Å². The van der Waals surface area contributed by atoms with Crippen LogP contribution in [-0.4, -0.2) is 136 Å². The maximum atomic E-state index is 15.7. The molecular formula is C57H77Cl2FN8O7. The van der Waals surface area contributed by atoms with Gasteiger partial charge in [-0.15, -0.1) is 0 Å². The summed E-state index contributed by atoms with van der Waals surface area (Å²) in [5.74, 6) is -1.65. The van der Waals surface area contributed by atoms with Crippen LogP contribution in [0.5, 0.6) is 0 Å². The molecule has 0 radical (unpaired) electrons. The number of likely N-dealkylation sites (tertiary alicyclic amines) is 2. The highest BCUT2D eigenvalue weighted by molar-refractivity contribution is 6.31. The molecule has 6 fully saturated rings. The average molecular weight is 1080 g/mol. The molecule has 2 aliphatic carbocycles. The Hall–Kier alpha value is -5.13. The molecule has 4 amide bonds. The summed E-state index contributed by atoms with van der Waals surface area (Å²) in [5.41, 5.74) is 4.91. The first kappa shape index (κ1) is 57.6. The largest absolute Gasteiger partial charge is 0.480 e. The lowest BCUT2D eigenvalue weighted by molar-refractivity contribution is -0.145. The van der Waals surface area contributed by atoms with Crippen molar-refractivity contribution in [3.05, 3.63) is 87.2 Å². The number of hydrogen-bond donors (Lipinski definition) is 5. The second-order valence-electron chi connectivity index (χ2n) is 21.7. The van der Waals surface area contributed by atoms with Crippen LogP contribution in [0.15, 0.2) is 54.6 Å². The number of anilines is 3. The summed E-state index contributed by atoms with van der Waals surface area (Å²) in [6.07, 6.45) is 15.7.